The normalized spacial score (nSPS) is 36.0. The van der Waals surface area contributed by atoms with E-state index in [0.29, 0.717) is 11.8 Å². The molecule has 2 heteroatoms. The Hall–Kier alpha value is -0.0800. The lowest BCUT2D eigenvalue weighted by Gasteiger charge is -2.31. The molecule has 2 rings (SSSR count). The summed E-state index contributed by atoms with van der Waals surface area (Å²) in [5.74, 6) is 1.15. The zero-order valence-corrected chi connectivity index (χ0v) is 13.1. The van der Waals surface area contributed by atoms with E-state index in [4.69, 9.17) is 0 Å². The molecule has 0 amide bonds. The van der Waals surface area contributed by atoms with E-state index < -0.39 is 0 Å². The molecular formula is C18H34O2. The molecule has 2 N–H and O–H groups in total. The van der Waals surface area contributed by atoms with Gasteiger partial charge in [-0.05, 0) is 37.5 Å². The Balaban J connectivity index is 1.95. The number of rotatable bonds is 1. The molecule has 0 saturated heterocycles. The van der Waals surface area contributed by atoms with Crippen molar-refractivity contribution in [1.82, 2.24) is 0 Å². The summed E-state index contributed by atoms with van der Waals surface area (Å²) in [6.45, 7) is 0. The molecule has 3 unspecified atom stereocenters. The first kappa shape index (κ1) is 16.3. The van der Waals surface area contributed by atoms with Crippen LogP contribution in [0.4, 0.5) is 0 Å². The highest BCUT2D eigenvalue weighted by atomic mass is 16.3. The predicted molar refractivity (Wildman–Crippen MR) is 83.6 cm³/mol. The van der Waals surface area contributed by atoms with Gasteiger partial charge in [0.25, 0.3) is 0 Å². The monoisotopic (exact) mass is 282 g/mol. The van der Waals surface area contributed by atoms with Crippen LogP contribution < -0.4 is 0 Å². The maximum Gasteiger partial charge on any atom is 0.0571 e. The topological polar surface area (TPSA) is 40.5 Å². The molecule has 2 aliphatic rings. The van der Waals surface area contributed by atoms with Crippen LogP contribution in [0, 0.1) is 11.8 Å². The van der Waals surface area contributed by atoms with Gasteiger partial charge in [-0.1, -0.05) is 64.2 Å². The predicted octanol–water partition coefficient (Wildman–Crippen LogP) is 4.43. The molecular weight excluding hydrogens is 248 g/mol. The van der Waals surface area contributed by atoms with Gasteiger partial charge < -0.3 is 10.2 Å². The average molecular weight is 282 g/mol. The Morgan fingerprint density at radius 2 is 1.05 bits per heavy atom. The standard InChI is InChI=1S/C18H34O2/c19-16-11-7-8-12-18(20)17(14-13-16)15-9-5-3-1-2-4-6-10-15/h15-20H,1-14H2. The molecule has 2 fully saturated rings. The van der Waals surface area contributed by atoms with Crippen LogP contribution in [0.25, 0.3) is 0 Å². The molecule has 3 atom stereocenters. The molecule has 0 aromatic carbocycles. The van der Waals surface area contributed by atoms with Crippen molar-refractivity contribution in [2.45, 2.75) is 102 Å². The van der Waals surface area contributed by atoms with E-state index in [9.17, 15) is 10.2 Å². The summed E-state index contributed by atoms with van der Waals surface area (Å²) in [4.78, 5) is 0. The lowest BCUT2D eigenvalue weighted by atomic mass is 9.77. The van der Waals surface area contributed by atoms with Crippen molar-refractivity contribution in [3.8, 4) is 0 Å². The van der Waals surface area contributed by atoms with Crippen LogP contribution >= 0.6 is 0 Å². The third kappa shape index (κ3) is 5.37. The van der Waals surface area contributed by atoms with Gasteiger partial charge in [-0.3, -0.25) is 0 Å². The highest BCUT2D eigenvalue weighted by Gasteiger charge is 2.29. The molecule has 0 aliphatic heterocycles. The Labute approximate surface area is 125 Å². The second-order valence-electron chi connectivity index (χ2n) is 7.21. The third-order valence-electron chi connectivity index (χ3n) is 5.62. The Kier molecular flexibility index (Phi) is 7.37. The molecule has 118 valence electrons. The second-order valence-corrected chi connectivity index (χ2v) is 7.21. The van der Waals surface area contributed by atoms with Gasteiger partial charge in [-0.25, -0.2) is 0 Å². The fourth-order valence-electron chi connectivity index (χ4n) is 4.31. The summed E-state index contributed by atoms with van der Waals surface area (Å²) in [6.07, 6.45) is 16.6. The maximum atomic E-state index is 10.6. The largest absolute Gasteiger partial charge is 0.393 e. The van der Waals surface area contributed by atoms with Crippen molar-refractivity contribution < 1.29 is 10.2 Å². The molecule has 2 aliphatic carbocycles. The first-order valence-electron chi connectivity index (χ1n) is 9.13. The highest BCUT2D eigenvalue weighted by Crippen LogP contribution is 2.35. The van der Waals surface area contributed by atoms with Crippen LogP contribution in [0.2, 0.25) is 0 Å². The van der Waals surface area contributed by atoms with Crippen molar-refractivity contribution in [2.24, 2.45) is 11.8 Å². The van der Waals surface area contributed by atoms with Crippen molar-refractivity contribution in [2.75, 3.05) is 0 Å². The molecule has 0 radical (unpaired) electrons. The molecule has 0 spiro atoms. The number of hydrogen-bond donors (Lipinski definition) is 2. The molecule has 0 aromatic rings. The van der Waals surface area contributed by atoms with Crippen molar-refractivity contribution in [1.29, 1.82) is 0 Å². The highest BCUT2D eigenvalue weighted by molar-refractivity contribution is 4.80. The fraction of sp³-hybridized carbons (Fsp3) is 1.00. The third-order valence-corrected chi connectivity index (χ3v) is 5.62. The van der Waals surface area contributed by atoms with Gasteiger partial charge >= 0.3 is 0 Å². The summed E-state index contributed by atoms with van der Waals surface area (Å²) < 4.78 is 0. The van der Waals surface area contributed by atoms with E-state index in [-0.39, 0.29) is 12.2 Å². The zero-order valence-electron chi connectivity index (χ0n) is 13.1. The van der Waals surface area contributed by atoms with Crippen molar-refractivity contribution >= 4 is 0 Å². The van der Waals surface area contributed by atoms with Crippen LogP contribution in [0.15, 0.2) is 0 Å². The van der Waals surface area contributed by atoms with Crippen molar-refractivity contribution in [3.05, 3.63) is 0 Å². The quantitative estimate of drug-likeness (QED) is 0.747. The van der Waals surface area contributed by atoms with Crippen LogP contribution in [0.5, 0.6) is 0 Å². The summed E-state index contributed by atoms with van der Waals surface area (Å²) >= 11 is 0. The number of aliphatic hydroxyl groups excluding tert-OH is 2. The summed E-state index contributed by atoms with van der Waals surface area (Å²) in [7, 11) is 0. The van der Waals surface area contributed by atoms with Gasteiger partial charge in [0, 0.05) is 0 Å². The SMILES string of the molecule is OC1CCCCC(O)C(C2CCCCCCCC2)CC1. The van der Waals surface area contributed by atoms with E-state index in [2.05, 4.69) is 0 Å². The minimum absolute atomic E-state index is 0.119. The molecule has 2 nitrogen and oxygen atoms in total. The van der Waals surface area contributed by atoms with Gasteiger partial charge in [0.2, 0.25) is 0 Å². The Morgan fingerprint density at radius 3 is 1.75 bits per heavy atom. The molecule has 0 aromatic heterocycles. The first-order chi connectivity index (χ1) is 9.77. The summed E-state index contributed by atoms with van der Waals surface area (Å²) in [6, 6.07) is 0. The van der Waals surface area contributed by atoms with Crippen molar-refractivity contribution in [3.63, 3.8) is 0 Å². The molecule has 20 heavy (non-hydrogen) atoms. The summed E-state index contributed by atoms with van der Waals surface area (Å²) in [5, 5.41) is 20.6. The maximum absolute atomic E-state index is 10.6. The number of aliphatic hydroxyl groups is 2. The Morgan fingerprint density at radius 1 is 0.500 bits per heavy atom. The summed E-state index contributed by atoms with van der Waals surface area (Å²) in [5.41, 5.74) is 0. The Bertz CT molecular complexity index is 244. The fourth-order valence-corrected chi connectivity index (χ4v) is 4.31. The van der Waals surface area contributed by atoms with Gasteiger partial charge in [-0.2, -0.15) is 0 Å². The zero-order chi connectivity index (χ0) is 14.2. The average Bonchev–Trinajstić information content (AvgIpc) is 2.61. The lowest BCUT2D eigenvalue weighted by Crippen LogP contribution is -2.28. The molecule has 2 saturated carbocycles. The van der Waals surface area contributed by atoms with Gasteiger partial charge in [0.1, 0.15) is 0 Å². The van der Waals surface area contributed by atoms with E-state index in [1.807, 2.05) is 0 Å². The van der Waals surface area contributed by atoms with E-state index in [1.165, 1.54) is 51.4 Å². The smallest absolute Gasteiger partial charge is 0.0571 e. The van der Waals surface area contributed by atoms with Crippen LogP contribution in [-0.2, 0) is 0 Å². The minimum atomic E-state index is -0.126. The van der Waals surface area contributed by atoms with E-state index >= 15 is 0 Å². The lowest BCUT2D eigenvalue weighted by molar-refractivity contribution is 0.0454. The van der Waals surface area contributed by atoms with E-state index in [1.54, 1.807) is 0 Å². The van der Waals surface area contributed by atoms with Gasteiger partial charge in [0.05, 0.1) is 12.2 Å². The van der Waals surface area contributed by atoms with Crippen LogP contribution in [0.1, 0.15) is 89.9 Å². The first-order valence-corrected chi connectivity index (χ1v) is 9.13. The van der Waals surface area contributed by atoms with Crippen LogP contribution in [0.3, 0.4) is 0 Å². The molecule has 0 heterocycles. The minimum Gasteiger partial charge on any atom is -0.393 e. The van der Waals surface area contributed by atoms with Gasteiger partial charge in [0.15, 0.2) is 0 Å². The van der Waals surface area contributed by atoms with Gasteiger partial charge in [-0.15, -0.1) is 0 Å². The molecule has 0 bridgehead atoms. The van der Waals surface area contributed by atoms with Crippen LogP contribution in [-0.4, -0.2) is 22.4 Å². The second kappa shape index (κ2) is 9.04. The van der Waals surface area contributed by atoms with E-state index in [0.717, 1.165) is 38.5 Å². The number of hydrogen-bond acceptors (Lipinski definition) is 2.